The molecule has 0 saturated heterocycles. The Balaban J connectivity index is 4.22. The Hall–Kier alpha value is -1.67. The largest absolute Gasteiger partial charge is 0.480 e. The van der Waals surface area contributed by atoms with Gasteiger partial charge in [0.2, 0.25) is 11.8 Å². The molecule has 3 N–H and O–H groups in total. The maximum absolute atomic E-state index is 12.0. The smallest absolute Gasteiger partial charge is 0.326 e. The number of nitrogens with one attached hydrogen (secondary N) is 2. The van der Waals surface area contributed by atoms with Gasteiger partial charge in [0.15, 0.2) is 0 Å². The van der Waals surface area contributed by atoms with Crippen LogP contribution in [0, 0.1) is 5.92 Å². The van der Waals surface area contributed by atoms with Crippen LogP contribution in [0.15, 0.2) is 0 Å². The van der Waals surface area contributed by atoms with Crippen molar-refractivity contribution in [3.8, 4) is 0 Å². The molecule has 0 aromatic carbocycles. The van der Waals surface area contributed by atoms with E-state index in [9.17, 15) is 19.5 Å². The van der Waals surface area contributed by atoms with Gasteiger partial charge in [-0.25, -0.2) is 4.79 Å². The van der Waals surface area contributed by atoms with Crippen LogP contribution in [0.5, 0.6) is 0 Å². The minimum atomic E-state index is -1.14. The SMILES string of the molecule is COC(C)(C)CCOC(C)(C)CCNC(=O)CCC(NC(=O)C(C)C)C(=O)O. The Morgan fingerprint density at radius 2 is 1.64 bits per heavy atom. The molecular weight excluding hydrogens is 364 g/mol. The highest BCUT2D eigenvalue weighted by Crippen LogP contribution is 2.18. The summed E-state index contributed by atoms with van der Waals surface area (Å²) < 4.78 is 11.2. The Labute approximate surface area is 168 Å². The van der Waals surface area contributed by atoms with Gasteiger partial charge in [-0.2, -0.15) is 0 Å². The lowest BCUT2D eigenvalue weighted by atomic mass is 10.0. The van der Waals surface area contributed by atoms with Crippen molar-refractivity contribution in [2.75, 3.05) is 20.3 Å². The van der Waals surface area contributed by atoms with E-state index in [4.69, 9.17) is 9.47 Å². The summed E-state index contributed by atoms with van der Waals surface area (Å²) in [7, 11) is 1.67. The molecular formula is C20H38N2O6. The van der Waals surface area contributed by atoms with Crippen molar-refractivity contribution >= 4 is 17.8 Å². The number of ether oxygens (including phenoxy) is 2. The minimum Gasteiger partial charge on any atom is -0.480 e. The van der Waals surface area contributed by atoms with Crippen molar-refractivity contribution in [2.45, 2.75) is 84.5 Å². The molecule has 0 saturated carbocycles. The number of hydrogen-bond donors (Lipinski definition) is 3. The predicted octanol–water partition coefficient (Wildman–Crippen LogP) is 2.11. The number of hydrogen-bond acceptors (Lipinski definition) is 5. The maximum atomic E-state index is 12.0. The summed E-state index contributed by atoms with van der Waals surface area (Å²) in [4.78, 5) is 34.9. The van der Waals surface area contributed by atoms with E-state index in [0.29, 0.717) is 19.6 Å². The van der Waals surface area contributed by atoms with E-state index in [1.165, 1.54) is 0 Å². The molecule has 0 aromatic heterocycles. The van der Waals surface area contributed by atoms with Crippen LogP contribution in [0.2, 0.25) is 0 Å². The molecule has 28 heavy (non-hydrogen) atoms. The van der Waals surface area contributed by atoms with Gasteiger partial charge in [0.1, 0.15) is 6.04 Å². The van der Waals surface area contributed by atoms with Crippen LogP contribution >= 0.6 is 0 Å². The number of aliphatic carboxylic acids is 1. The summed E-state index contributed by atoms with van der Waals surface area (Å²) in [6, 6.07) is -1.07. The third kappa shape index (κ3) is 11.9. The Morgan fingerprint density at radius 3 is 2.14 bits per heavy atom. The van der Waals surface area contributed by atoms with Gasteiger partial charge in [-0.3, -0.25) is 9.59 Å². The second kappa shape index (κ2) is 12.0. The maximum Gasteiger partial charge on any atom is 0.326 e. The third-order valence-corrected chi connectivity index (χ3v) is 4.60. The first-order chi connectivity index (χ1) is 12.8. The molecule has 164 valence electrons. The van der Waals surface area contributed by atoms with Crippen molar-refractivity contribution < 1.29 is 29.0 Å². The van der Waals surface area contributed by atoms with Gasteiger partial charge in [0, 0.05) is 26.0 Å². The quantitative estimate of drug-likeness (QED) is 0.410. The Kier molecular flexibility index (Phi) is 11.3. The fraction of sp³-hybridized carbons (Fsp3) is 0.850. The highest BCUT2D eigenvalue weighted by atomic mass is 16.5. The number of carboxylic acid groups (broad SMARTS) is 1. The van der Waals surface area contributed by atoms with Crippen LogP contribution in [-0.2, 0) is 23.9 Å². The predicted molar refractivity (Wildman–Crippen MR) is 107 cm³/mol. The van der Waals surface area contributed by atoms with Gasteiger partial charge in [-0.05, 0) is 47.0 Å². The zero-order valence-corrected chi connectivity index (χ0v) is 18.4. The lowest BCUT2D eigenvalue weighted by molar-refractivity contribution is -0.142. The van der Waals surface area contributed by atoms with Gasteiger partial charge in [0.25, 0.3) is 0 Å². The highest BCUT2D eigenvalue weighted by Gasteiger charge is 2.24. The van der Waals surface area contributed by atoms with E-state index < -0.39 is 17.6 Å². The third-order valence-electron chi connectivity index (χ3n) is 4.60. The van der Waals surface area contributed by atoms with E-state index in [1.807, 2.05) is 27.7 Å². The van der Waals surface area contributed by atoms with E-state index >= 15 is 0 Å². The first kappa shape index (κ1) is 26.3. The second-order valence-electron chi connectivity index (χ2n) is 8.51. The zero-order valence-electron chi connectivity index (χ0n) is 18.4. The summed E-state index contributed by atoms with van der Waals surface area (Å²) in [6.45, 7) is 12.3. The summed E-state index contributed by atoms with van der Waals surface area (Å²) in [6.07, 6.45) is 1.46. The van der Waals surface area contributed by atoms with E-state index in [1.54, 1.807) is 21.0 Å². The molecule has 0 radical (unpaired) electrons. The van der Waals surface area contributed by atoms with Gasteiger partial charge in [-0.15, -0.1) is 0 Å². The van der Waals surface area contributed by atoms with Gasteiger partial charge < -0.3 is 25.2 Å². The topological polar surface area (TPSA) is 114 Å². The van der Waals surface area contributed by atoms with Crippen molar-refractivity contribution in [3.05, 3.63) is 0 Å². The first-order valence-corrected chi connectivity index (χ1v) is 9.78. The number of carbonyl (C=O) groups is 3. The minimum absolute atomic E-state index is 0.0264. The molecule has 8 nitrogen and oxygen atoms in total. The molecule has 0 aromatic rings. The average molecular weight is 403 g/mol. The Bertz CT molecular complexity index is 517. The van der Waals surface area contributed by atoms with Crippen LogP contribution in [0.25, 0.3) is 0 Å². The molecule has 0 aliphatic rings. The Morgan fingerprint density at radius 1 is 1.04 bits per heavy atom. The highest BCUT2D eigenvalue weighted by molar-refractivity contribution is 5.85. The number of carboxylic acids is 1. The zero-order chi connectivity index (χ0) is 22.0. The molecule has 0 fully saturated rings. The summed E-state index contributed by atoms with van der Waals surface area (Å²) in [5, 5.41) is 14.4. The van der Waals surface area contributed by atoms with Crippen LogP contribution in [0.1, 0.15) is 67.2 Å². The fourth-order valence-electron chi connectivity index (χ4n) is 2.21. The fourth-order valence-corrected chi connectivity index (χ4v) is 2.21. The van der Waals surface area contributed by atoms with E-state index in [-0.39, 0.29) is 36.2 Å². The molecule has 8 heteroatoms. The molecule has 0 heterocycles. The lowest BCUT2D eigenvalue weighted by Crippen LogP contribution is -2.43. The standard InChI is InChI=1S/C20H38N2O6/c1-14(2)17(24)22-15(18(25)26)8-9-16(23)21-12-10-20(5,6)28-13-11-19(3,4)27-7/h14-15H,8-13H2,1-7H3,(H,21,23)(H,22,24)(H,25,26). The summed E-state index contributed by atoms with van der Waals surface area (Å²) in [5.41, 5.74) is -0.637. The number of rotatable bonds is 14. The van der Waals surface area contributed by atoms with Gasteiger partial charge in [-0.1, -0.05) is 13.8 Å². The molecule has 0 rings (SSSR count). The summed E-state index contributed by atoms with van der Waals surface area (Å²) >= 11 is 0. The molecule has 1 atom stereocenters. The average Bonchev–Trinajstić information content (AvgIpc) is 2.57. The van der Waals surface area contributed by atoms with Crippen LogP contribution in [0.4, 0.5) is 0 Å². The van der Waals surface area contributed by atoms with Crippen LogP contribution in [0.3, 0.4) is 0 Å². The number of amides is 2. The van der Waals surface area contributed by atoms with Crippen LogP contribution < -0.4 is 10.6 Å². The van der Waals surface area contributed by atoms with E-state index in [0.717, 1.165) is 6.42 Å². The second-order valence-corrected chi connectivity index (χ2v) is 8.51. The molecule has 0 aliphatic heterocycles. The molecule has 0 bridgehead atoms. The van der Waals surface area contributed by atoms with Crippen molar-refractivity contribution in [3.63, 3.8) is 0 Å². The molecule has 0 spiro atoms. The molecule has 0 aliphatic carbocycles. The first-order valence-electron chi connectivity index (χ1n) is 9.78. The van der Waals surface area contributed by atoms with Crippen molar-refractivity contribution in [1.29, 1.82) is 0 Å². The van der Waals surface area contributed by atoms with Crippen molar-refractivity contribution in [1.82, 2.24) is 10.6 Å². The lowest BCUT2D eigenvalue weighted by Gasteiger charge is -2.29. The normalized spacial score (nSPS) is 13.3. The monoisotopic (exact) mass is 402 g/mol. The summed E-state index contributed by atoms with van der Waals surface area (Å²) in [5.74, 6) is -2.05. The van der Waals surface area contributed by atoms with Crippen molar-refractivity contribution in [2.24, 2.45) is 5.92 Å². The van der Waals surface area contributed by atoms with Gasteiger partial charge in [0.05, 0.1) is 17.8 Å². The van der Waals surface area contributed by atoms with Crippen LogP contribution in [-0.4, -0.2) is 60.4 Å². The van der Waals surface area contributed by atoms with Gasteiger partial charge >= 0.3 is 5.97 Å². The van der Waals surface area contributed by atoms with E-state index in [2.05, 4.69) is 10.6 Å². The number of carbonyl (C=O) groups excluding carboxylic acids is 2. The molecule has 1 unspecified atom stereocenters. The number of methoxy groups -OCH3 is 1. The molecule has 2 amide bonds.